The van der Waals surface area contributed by atoms with Crippen LogP contribution in [0.4, 0.5) is 4.39 Å². The summed E-state index contributed by atoms with van der Waals surface area (Å²) in [7, 11) is 2.12. The molecule has 0 aliphatic carbocycles. The second-order valence-electron chi connectivity index (χ2n) is 8.58. The van der Waals surface area contributed by atoms with E-state index in [9.17, 15) is 4.39 Å². The highest BCUT2D eigenvalue weighted by atomic mass is 19.1. The molecule has 0 radical (unpaired) electrons. The maximum atomic E-state index is 14.2. The molecule has 2 nitrogen and oxygen atoms in total. The van der Waals surface area contributed by atoms with Crippen molar-refractivity contribution in [1.29, 1.82) is 0 Å². The zero-order valence-electron chi connectivity index (χ0n) is 17.0. The molecular weight excluding hydrogens is 359 g/mol. The minimum Gasteiger partial charge on any atom is -0.307 e. The Bertz CT molecular complexity index is 1600. The number of hydrogen-bond donors (Lipinski definition) is 0. The van der Waals surface area contributed by atoms with Crippen molar-refractivity contribution >= 4 is 49.0 Å². The third-order valence-corrected chi connectivity index (χ3v) is 6.48. The van der Waals surface area contributed by atoms with E-state index in [2.05, 4.69) is 73.3 Å². The molecule has 0 aliphatic rings. The Hall–Kier alpha value is -3.20. The van der Waals surface area contributed by atoms with Crippen LogP contribution in [0.1, 0.15) is 30.9 Å². The number of rotatable bonds is 1. The number of aromatic nitrogens is 2. The van der Waals surface area contributed by atoms with Crippen LogP contribution in [0.2, 0.25) is 0 Å². The molecule has 0 bridgehead atoms. The van der Waals surface area contributed by atoms with Crippen LogP contribution in [0.3, 0.4) is 0 Å². The zero-order chi connectivity index (χ0) is 20.0. The first-order chi connectivity index (χ1) is 14.0. The van der Waals surface area contributed by atoms with E-state index in [4.69, 9.17) is 0 Å². The summed E-state index contributed by atoms with van der Waals surface area (Å²) in [6.45, 7) is 6.64. The van der Waals surface area contributed by atoms with Gasteiger partial charge in [0, 0.05) is 16.8 Å². The fourth-order valence-corrected chi connectivity index (χ4v) is 5.05. The van der Waals surface area contributed by atoms with Crippen molar-refractivity contribution in [2.45, 2.75) is 26.7 Å². The van der Waals surface area contributed by atoms with Crippen molar-refractivity contribution in [1.82, 2.24) is 4.40 Å². The molecule has 3 aromatic heterocycles. The van der Waals surface area contributed by atoms with Crippen molar-refractivity contribution < 1.29 is 8.96 Å². The maximum Gasteiger partial charge on any atom is 0.224 e. The quantitative estimate of drug-likeness (QED) is 0.177. The molecule has 0 spiro atoms. The highest BCUT2D eigenvalue weighted by molar-refractivity contribution is 6.25. The molecule has 0 saturated carbocycles. The van der Waals surface area contributed by atoms with Crippen LogP contribution in [-0.2, 0) is 7.05 Å². The molecule has 0 saturated heterocycles. The molecular formula is C26H22FN2+. The van der Waals surface area contributed by atoms with E-state index in [0.717, 1.165) is 16.3 Å². The van der Waals surface area contributed by atoms with Crippen LogP contribution >= 0.6 is 0 Å². The molecule has 3 heterocycles. The molecule has 3 heteroatoms. The molecule has 0 fully saturated rings. The molecule has 0 atom stereocenters. The molecule has 0 N–H and O–H groups in total. The van der Waals surface area contributed by atoms with Crippen molar-refractivity contribution in [2.24, 2.45) is 7.05 Å². The van der Waals surface area contributed by atoms with E-state index in [-0.39, 0.29) is 5.82 Å². The number of hydrogen-bond acceptors (Lipinski definition) is 0. The Balaban J connectivity index is 2.08. The van der Waals surface area contributed by atoms with Gasteiger partial charge in [-0.05, 0) is 53.6 Å². The summed E-state index contributed by atoms with van der Waals surface area (Å²) in [4.78, 5) is 0. The summed E-state index contributed by atoms with van der Waals surface area (Å²) in [5.41, 5.74) is 7.24. The zero-order valence-corrected chi connectivity index (χ0v) is 17.0. The number of fused-ring (bicyclic) bond motifs is 5. The van der Waals surface area contributed by atoms with Crippen LogP contribution in [0.5, 0.6) is 0 Å². The second kappa shape index (κ2) is 5.44. The van der Waals surface area contributed by atoms with Gasteiger partial charge in [-0.3, -0.25) is 0 Å². The third-order valence-electron chi connectivity index (χ3n) is 6.48. The second-order valence-corrected chi connectivity index (χ2v) is 8.58. The van der Waals surface area contributed by atoms with E-state index in [1.165, 1.54) is 43.8 Å². The molecule has 0 amide bonds. The lowest BCUT2D eigenvalue weighted by molar-refractivity contribution is -0.643. The van der Waals surface area contributed by atoms with Gasteiger partial charge in [0.05, 0.1) is 27.3 Å². The van der Waals surface area contributed by atoms with Gasteiger partial charge in [-0.15, -0.1) is 0 Å². The van der Waals surface area contributed by atoms with Crippen LogP contribution in [0, 0.1) is 12.7 Å². The van der Waals surface area contributed by atoms with Gasteiger partial charge in [0.1, 0.15) is 12.9 Å². The van der Waals surface area contributed by atoms with Crippen LogP contribution in [-0.4, -0.2) is 4.40 Å². The largest absolute Gasteiger partial charge is 0.307 e. The Morgan fingerprint density at radius 3 is 2.52 bits per heavy atom. The molecule has 0 aliphatic heterocycles. The number of aryl methyl sites for hydroxylation is 2. The van der Waals surface area contributed by atoms with Gasteiger partial charge in [-0.2, -0.15) is 0 Å². The van der Waals surface area contributed by atoms with Gasteiger partial charge in [-0.1, -0.05) is 32.0 Å². The standard InChI is InChI=1S/C26H22FN2/c1-14(2)17-11-16-9-10-28(4)26-23-15(3)5-7-19-20-13-18(27)6-8-21(20)29(25(19)23)22(12-17)24(16)26/h5-14H,1-4H3/q+1. The van der Waals surface area contributed by atoms with Crippen LogP contribution in [0.25, 0.3) is 49.0 Å². The molecule has 6 aromatic rings. The average molecular weight is 381 g/mol. The van der Waals surface area contributed by atoms with Crippen molar-refractivity contribution in [3.05, 3.63) is 71.7 Å². The predicted octanol–water partition coefficient (Wildman–Crippen LogP) is 6.39. The lowest BCUT2D eigenvalue weighted by Gasteiger charge is -2.15. The predicted molar refractivity (Wildman–Crippen MR) is 119 cm³/mol. The van der Waals surface area contributed by atoms with Crippen molar-refractivity contribution in [3.63, 3.8) is 0 Å². The van der Waals surface area contributed by atoms with E-state index < -0.39 is 0 Å². The lowest BCUT2D eigenvalue weighted by Crippen LogP contribution is -2.29. The normalized spacial score (nSPS) is 12.6. The first kappa shape index (κ1) is 16.7. The van der Waals surface area contributed by atoms with Gasteiger partial charge in [-0.25, -0.2) is 8.96 Å². The molecule has 29 heavy (non-hydrogen) atoms. The summed E-state index contributed by atoms with van der Waals surface area (Å²) < 4.78 is 18.8. The Labute approximate surface area is 168 Å². The lowest BCUT2D eigenvalue weighted by atomic mass is 9.95. The van der Waals surface area contributed by atoms with E-state index in [1.807, 2.05) is 6.07 Å². The highest BCUT2D eigenvalue weighted by Gasteiger charge is 2.24. The number of pyridine rings is 2. The van der Waals surface area contributed by atoms with Gasteiger partial charge in [0.15, 0.2) is 6.20 Å². The Kier molecular flexibility index (Phi) is 3.14. The first-order valence-corrected chi connectivity index (χ1v) is 10.2. The summed E-state index contributed by atoms with van der Waals surface area (Å²) >= 11 is 0. The molecule has 3 aromatic carbocycles. The maximum absolute atomic E-state index is 14.2. The summed E-state index contributed by atoms with van der Waals surface area (Å²) in [6.07, 6.45) is 2.15. The molecule has 6 rings (SSSR count). The topological polar surface area (TPSA) is 8.29 Å². The fourth-order valence-electron chi connectivity index (χ4n) is 5.05. The first-order valence-electron chi connectivity index (χ1n) is 10.2. The summed E-state index contributed by atoms with van der Waals surface area (Å²) in [6, 6.07) is 16.3. The van der Waals surface area contributed by atoms with Crippen molar-refractivity contribution in [2.75, 3.05) is 0 Å². The Morgan fingerprint density at radius 2 is 1.72 bits per heavy atom. The minimum absolute atomic E-state index is 0.193. The number of benzene rings is 3. The van der Waals surface area contributed by atoms with E-state index in [0.29, 0.717) is 5.92 Å². The SMILES string of the molecule is Cc1ccc2c3cc(F)ccc3n3c4cc(C(C)C)cc5cc[n+](C)c(c1c23)c54. The van der Waals surface area contributed by atoms with Gasteiger partial charge in [0.2, 0.25) is 5.52 Å². The summed E-state index contributed by atoms with van der Waals surface area (Å²) in [5, 5.41) is 5.85. The van der Waals surface area contributed by atoms with E-state index in [1.54, 1.807) is 12.1 Å². The monoisotopic (exact) mass is 381 g/mol. The van der Waals surface area contributed by atoms with Crippen molar-refractivity contribution in [3.8, 4) is 0 Å². The van der Waals surface area contributed by atoms with Crippen LogP contribution < -0.4 is 4.57 Å². The van der Waals surface area contributed by atoms with Gasteiger partial charge >= 0.3 is 0 Å². The molecule has 0 unspecified atom stereocenters. The molecule has 142 valence electrons. The fraction of sp³-hybridized carbons (Fsp3) is 0.192. The van der Waals surface area contributed by atoms with E-state index >= 15 is 0 Å². The highest BCUT2D eigenvalue weighted by Crippen LogP contribution is 2.41. The number of halogens is 1. The van der Waals surface area contributed by atoms with Gasteiger partial charge < -0.3 is 4.40 Å². The average Bonchev–Trinajstić information content (AvgIpc) is 3.02. The number of nitrogens with zero attached hydrogens (tertiary/aromatic N) is 2. The van der Waals surface area contributed by atoms with Crippen LogP contribution in [0.15, 0.2) is 54.7 Å². The smallest absolute Gasteiger partial charge is 0.224 e. The van der Waals surface area contributed by atoms with Gasteiger partial charge in [0.25, 0.3) is 0 Å². The minimum atomic E-state index is -0.193. The Morgan fingerprint density at radius 1 is 0.897 bits per heavy atom. The summed E-state index contributed by atoms with van der Waals surface area (Å²) in [5.74, 6) is 0.240. The third kappa shape index (κ3) is 2.02.